The van der Waals surface area contributed by atoms with Gasteiger partial charge in [0, 0.05) is 71.5 Å². The first-order valence-electron chi connectivity index (χ1n) is 12.5. The summed E-state index contributed by atoms with van der Waals surface area (Å²) in [4.78, 5) is 36.0. The summed E-state index contributed by atoms with van der Waals surface area (Å²) in [5.41, 5.74) is 0. The number of rotatable bonds is 5. The second-order valence-electron chi connectivity index (χ2n) is 9.81. The molecule has 34 heavy (non-hydrogen) atoms. The number of likely N-dealkylation sites (tertiary alicyclic amines) is 1. The van der Waals surface area contributed by atoms with Crippen molar-refractivity contribution in [2.75, 3.05) is 58.9 Å². The predicted molar refractivity (Wildman–Crippen MR) is 127 cm³/mol. The number of piperazine rings is 1. The second kappa shape index (κ2) is 10.7. The molecule has 0 radical (unpaired) electrons. The number of carbonyl (C=O) groups is 2. The number of aromatic nitrogens is 2. The van der Waals surface area contributed by atoms with Crippen LogP contribution in [0.3, 0.4) is 0 Å². The topological polar surface area (TPSA) is 99.1 Å². The minimum absolute atomic E-state index is 0.0723. The summed E-state index contributed by atoms with van der Waals surface area (Å²) < 4.78 is 29.0. The zero-order chi connectivity index (χ0) is 24.3. The van der Waals surface area contributed by atoms with Crippen LogP contribution in [0.25, 0.3) is 0 Å². The van der Waals surface area contributed by atoms with Gasteiger partial charge in [0.15, 0.2) is 5.03 Å². The van der Waals surface area contributed by atoms with Crippen LogP contribution in [0.1, 0.15) is 44.3 Å². The third-order valence-corrected chi connectivity index (χ3v) is 9.27. The number of nitrogens with zero attached hydrogens (tertiary/aromatic N) is 6. The molecule has 1 aromatic rings. The molecule has 0 saturated carbocycles. The van der Waals surface area contributed by atoms with Gasteiger partial charge >= 0.3 is 0 Å². The molecule has 3 saturated heterocycles. The van der Waals surface area contributed by atoms with E-state index in [0.29, 0.717) is 64.5 Å². The maximum Gasteiger partial charge on any atom is 0.262 e. The van der Waals surface area contributed by atoms with E-state index in [-0.39, 0.29) is 22.8 Å². The lowest BCUT2D eigenvalue weighted by Gasteiger charge is -2.38. The molecule has 0 spiro atoms. The number of carbonyl (C=O) groups excluding carboxylic acids is 2. The van der Waals surface area contributed by atoms with Crippen LogP contribution in [-0.4, -0.2) is 108 Å². The minimum Gasteiger partial charge on any atom is -0.342 e. The van der Waals surface area contributed by atoms with E-state index in [0.717, 1.165) is 25.9 Å². The number of piperidine rings is 1. The lowest BCUT2D eigenvalue weighted by Crippen LogP contribution is -2.53. The fourth-order valence-corrected chi connectivity index (χ4v) is 6.62. The van der Waals surface area contributed by atoms with E-state index < -0.39 is 10.0 Å². The molecule has 1 aromatic heterocycles. The van der Waals surface area contributed by atoms with Crippen LogP contribution < -0.4 is 0 Å². The van der Waals surface area contributed by atoms with Crippen molar-refractivity contribution in [1.82, 2.24) is 28.6 Å². The molecule has 0 bridgehead atoms. The van der Waals surface area contributed by atoms with Gasteiger partial charge in [0.2, 0.25) is 11.8 Å². The molecule has 4 rings (SSSR count). The van der Waals surface area contributed by atoms with Crippen LogP contribution in [0, 0.1) is 12.8 Å². The van der Waals surface area contributed by atoms with Crippen LogP contribution in [0.5, 0.6) is 0 Å². The van der Waals surface area contributed by atoms with Gasteiger partial charge < -0.3 is 14.4 Å². The lowest BCUT2D eigenvalue weighted by molar-refractivity contribution is -0.139. The molecule has 2 amide bonds. The predicted octanol–water partition coefficient (Wildman–Crippen LogP) is 0.676. The van der Waals surface area contributed by atoms with Crippen molar-refractivity contribution >= 4 is 21.8 Å². The van der Waals surface area contributed by atoms with E-state index in [1.165, 1.54) is 17.1 Å². The normalized spacial score (nSPS) is 22.1. The second-order valence-corrected chi connectivity index (χ2v) is 11.7. The number of amides is 2. The summed E-state index contributed by atoms with van der Waals surface area (Å²) in [6.07, 6.45) is 7.19. The van der Waals surface area contributed by atoms with Gasteiger partial charge in [-0.25, -0.2) is 13.4 Å². The zero-order valence-corrected chi connectivity index (χ0v) is 21.3. The molecular formula is C23H38N6O4S. The third-order valence-electron chi connectivity index (χ3n) is 7.50. The number of hydrogen-bond acceptors (Lipinski definition) is 6. The Morgan fingerprint density at radius 3 is 2.09 bits per heavy atom. The van der Waals surface area contributed by atoms with Gasteiger partial charge in [-0.3, -0.25) is 14.5 Å². The van der Waals surface area contributed by atoms with Crippen LogP contribution in [0.2, 0.25) is 0 Å². The first-order chi connectivity index (χ1) is 16.3. The van der Waals surface area contributed by atoms with Gasteiger partial charge in [-0.05, 0) is 32.6 Å². The van der Waals surface area contributed by atoms with E-state index >= 15 is 0 Å². The first kappa shape index (κ1) is 25.1. The van der Waals surface area contributed by atoms with Crippen LogP contribution in [-0.2, 0) is 26.7 Å². The summed E-state index contributed by atoms with van der Waals surface area (Å²) in [6.45, 7) is 7.26. The number of sulfonamides is 1. The maximum atomic E-state index is 13.1. The summed E-state index contributed by atoms with van der Waals surface area (Å²) in [5.74, 6) is 0.820. The Morgan fingerprint density at radius 1 is 0.912 bits per heavy atom. The SMILES string of the molecule is Cc1nc(S(=O)(=O)N2CCC(C(=O)N3CCN(CC(=O)N4CCCCCC4)CC3)CC2)cn1C. The third kappa shape index (κ3) is 5.63. The Morgan fingerprint density at radius 2 is 1.53 bits per heavy atom. The summed E-state index contributed by atoms with van der Waals surface area (Å²) in [7, 11) is -1.86. The standard InChI is InChI=1S/C23H38N6O4S/c1-19-24-21(17-25(19)2)34(32,33)29-11-7-20(8-12-29)23(31)28-15-13-26(14-16-28)18-22(30)27-9-5-3-4-6-10-27/h17,20H,3-16,18H2,1-2H3. The van der Waals surface area contributed by atoms with Gasteiger partial charge in [-0.15, -0.1) is 0 Å². The summed E-state index contributed by atoms with van der Waals surface area (Å²) in [5, 5.41) is 0.0723. The van der Waals surface area contributed by atoms with Crippen LogP contribution in [0.15, 0.2) is 11.2 Å². The highest BCUT2D eigenvalue weighted by Gasteiger charge is 2.36. The minimum atomic E-state index is -3.63. The molecular weight excluding hydrogens is 456 g/mol. The Bertz CT molecular complexity index is 950. The fourth-order valence-electron chi connectivity index (χ4n) is 5.12. The van der Waals surface area contributed by atoms with Gasteiger partial charge in [0.25, 0.3) is 10.0 Å². The molecule has 0 aromatic carbocycles. The molecule has 4 heterocycles. The van der Waals surface area contributed by atoms with E-state index in [1.54, 1.807) is 24.7 Å². The molecule has 0 N–H and O–H groups in total. The number of aryl methyl sites for hydroxylation is 2. The Labute approximate surface area is 202 Å². The molecule has 11 heteroatoms. The number of imidazole rings is 1. The smallest absolute Gasteiger partial charge is 0.262 e. The van der Waals surface area contributed by atoms with Crippen molar-refractivity contribution < 1.29 is 18.0 Å². The summed E-state index contributed by atoms with van der Waals surface area (Å²) >= 11 is 0. The maximum absolute atomic E-state index is 13.1. The van der Waals surface area contributed by atoms with Crippen molar-refractivity contribution in [2.24, 2.45) is 13.0 Å². The van der Waals surface area contributed by atoms with Gasteiger partial charge in [0.05, 0.1) is 6.54 Å². The van der Waals surface area contributed by atoms with E-state index in [2.05, 4.69) is 9.88 Å². The Balaban J connectivity index is 1.23. The highest BCUT2D eigenvalue weighted by atomic mass is 32.2. The van der Waals surface area contributed by atoms with Crippen molar-refractivity contribution in [3.05, 3.63) is 12.0 Å². The van der Waals surface area contributed by atoms with Gasteiger partial charge in [-0.2, -0.15) is 4.31 Å². The highest BCUT2D eigenvalue weighted by molar-refractivity contribution is 7.89. The van der Waals surface area contributed by atoms with Crippen LogP contribution in [0.4, 0.5) is 0 Å². The molecule has 3 fully saturated rings. The van der Waals surface area contributed by atoms with Gasteiger partial charge in [0.1, 0.15) is 5.82 Å². The summed E-state index contributed by atoms with van der Waals surface area (Å²) in [6, 6.07) is 0. The largest absolute Gasteiger partial charge is 0.342 e. The van der Waals surface area contributed by atoms with E-state index in [1.807, 2.05) is 9.80 Å². The quantitative estimate of drug-likeness (QED) is 0.597. The van der Waals surface area contributed by atoms with Crippen molar-refractivity contribution in [3.8, 4) is 0 Å². The highest BCUT2D eigenvalue weighted by Crippen LogP contribution is 2.25. The average molecular weight is 495 g/mol. The molecule has 0 aliphatic carbocycles. The van der Waals surface area contributed by atoms with Crippen molar-refractivity contribution in [1.29, 1.82) is 0 Å². The van der Waals surface area contributed by atoms with Crippen molar-refractivity contribution in [3.63, 3.8) is 0 Å². The monoisotopic (exact) mass is 494 g/mol. The zero-order valence-electron chi connectivity index (χ0n) is 20.5. The Hall–Kier alpha value is -1.98. The van der Waals surface area contributed by atoms with Crippen LogP contribution >= 0.6 is 0 Å². The molecule has 0 atom stereocenters. The number of hydrogen-bond donors (Lipinski definition) is 0. The average Bonchev–Trinajstić information content (AvgIpc) is 3.03. The molecule has 3 aliphatic rings. The van der Waals surface area contributed by atoms with Gasteiger partial charge in [-0.1, -0.05) is 12.8 Å². The van der Waals surface area contributed by atoms with E-state index in [4.69, 9.17) is 0 Å². The lowest BCUT2D eigenvalue weighted by atomic mass is 9.96. The molecule has 0 unspecified atom stereocenters. The molecule has 190 valence electrons. The Kier molecular flexibility index (Phi) is 7.94. The van der Waals surface area contributed by atoms with E-state index in [9.17, 15) is 18.0 Å². The van der Waals surface area contributed by atoms with Crippen molar-refractivity contribution in [2.45, 2.75) is 50.5 Å². The molecule has 3 aliphatic heterocycles. The molecule has 10 nitrogen and oxygen atoms in total. The fraction of sp³-hybridized carbons (Fsp3) is 0.783. The first-order valence-corrected chi connectivity index (χ1v) is 14.0.